The van der Waals surface area contributed by atoms with Crippen LogP contribution in [-0.4, -0.2) is 31.6 Å². The first-order chi connectivity index (χ1) is 13.8. The minimum absolute atomic E-state index is 0.00913. The number of hydrogen-bond donors (Lipinski definition) is 2. The second-order valence-corrected chi connectivity index (χ2v) is 5.98. The standard InChI is InChI=1S/C20H22F2N2O5/c1-4-27-16-10-14(8-9-15(16)29-20(21)22)19(26)24-23-17(25)11-28-18-12(2)6-5-7-13(18)3/h5-10,20H,4,11H2,1-3H3,(H,23,25)(H,24,26). The van der Waals surface area contributed by atoms with E-state index >= 15 is 0 Å². The fraction of sp³-hybridized carbons (Fsp3) is 0.300. The van der Waals surface area contributed by atoms with Gasteiger partial charge in [-0.1, -0.05) is 18.2 Å². The SMILES string of the molecule is CCOc1cc(C(=O)NNC(=O)COc2c(C)cccc2C)ccc1OC(F)F. The fourth-order valence-electron chi connectivity index (χ4n) is 2.51. The molecule has 156 valence electrons. The quantitative estimate of drug-likeness (QED) is 0.656. The van der Waals surface area contributed by atoms with E-state index in [0.717, 1.165) is 11.1 Å². The highest BCUT2D eigenvalue weighted by atomic mass is 19.3. The minimum atomic E-state index is -3.02. The van der Waals surface area contributed by atoms with Crippen LogP contribution in [0.15, 0.2) is 36.4 Å². The molecular formula is C20H22F2N2O5. The third-order valence-electron chi connectivity index (χ3n) is 3.79. The minimum Gasteiger partial charge on any atom is -0.490 e. The normalized spacial score (nSPS) is 10.4. The summed E-state index contributed by atoms with van der Waals surface area (Å²) < 4.78 is 39.9. The van der Waals surface area contributed by atoms with E-state index in [2.05, 4.69) is 15.6 Å². The van der Waals surface area contributed by atoms with Crippen molar-refractivity contribution in [3.05, 3.63) is 53.1 Å². The summed E-state index contributed by atoms with van der Waals surface area (Å²) >= 11 is 0. The Morgan fingerprint density at radius 3 is 2.31 bits per heavy atom. The monoisotopic (exact) mass is 408 g/mol. The summed E-state index contributed by atoms with van der Waals surface area (Å²) in [7, 11) is 0. The molecule has 0 saturated carbocycles. The zero-order valence-electron chi connectivity index (χ0n) is 16.3. The van der Waals surface area contributed by atoms with Crippen LogP contribution in [0.25, 0.3) is 0 Å². The molecule has 0 unspecified atom stereocenters. The van der Waals surface area contributed by atoms with E-state index < -0.39 is 18.4 Å². The summed E-state index contributed by atoms with van der Waals surface area (Å²) in [5.74, 6) is -0.821. The van der Waals surface area contributed by atoms with Crippen LogP contribution in [-0.2, 0) is 4.79 Å². The maximum atomic E-state index is 12.4. The number of hydrazine groups is 1. The van der Waals surface area contributed by atoms with E-state index in [4.69, 9.17) is 9.47 Å². The van der Waals surface area contributed by atoms with Gasteiger partial charge < -0.3 is 14.2 Å². The van der Waals surface area contributed by atoms with E-state index in [1.165, 1.54) is 18.2 Å². The molecule has 2 rings (SSSR count). The largest absolute Gasteiger partial charge is 0.490 e. The Hall–Kier alpha value is -3.36. The average molecular weight is 408 g/mol. The highest BCUT2D eigenvalue weighted by molar-refractivity contribution is 5.96. The summed E-state index contributed by atoms with van der Waals surface area (Å²) in [6.07, 6.45) is 0. The van der Waals surface area contributed by atoms with Gasteiger partial charge in [0.25, 0.3) is 11.8 Å². The van der Waals surface area contributed by atoms with E-state index in [1.54, 1.807) is 6.92 Å². The van der Waals surface area contributed by atoms with Crippen LogP contribution < -0.4 is 25.1 Å². The molecule has 0 aliphatic rings. The van der Waals surface area contributed by atoms with Gasteiger partial charge in [-0.25, -0.2) is 0 Å². The van der Waals surface area contributed by atoms with Crippen LogP contribution in [0, 0.1) is 13.8 Å². The molecule has 0 fully saturated rings. The number of carbonyl (C=O) groups excluding carboxylic acids is 2. The molecule has 0 aliphatic heterocycles. The number of benzene rings is 2. The first-order valence-corrected chi connectivity index (χ1v) is 8.81. The number of ether oxygens (including phenoxy) is 3. The number of hydrogen-bond acceptors (Lipinski definition) is 5. The van der Waals surface area contributed by atoms with Crippen LogP contribution in [0.4, 0.5) is 8.78 Å². The van der Waals surface area contributed by atoms with Crippen molar-refractivity contribution < 1.29 is 32.6 Å². The van der Waals surface area contributed by atoms with Crippen molar-refractivity contribution in [2.75, 3.05) is 13.2 Å². The number of nitrogens with one attached hydrogen (secondary N) is 2. The van der Waals surface area contributed by atoms with Crippen LogP contribution in [0.3, 0.4) is 0 Å². The predicted molar refractivity (Wildman–Crippen MR) is 101 cm³/mol. The van der Waals surface area contributed by atoms with E-state index in [9.17, 15) is 18.4 Å². The van der Waals surface area contributed by atoms with Gasteiger partial charge in [-0.3, -0.25) is 20.4 Å². The molecule has 0 radical (unpaired) electrons. The first kappa shape index (κ1) is 21.9. The molecule has 7 nitrogen and oxygen atoms in total. The molecule has 0 aliphatic carbocycles. The van der Waals surface area contributed by atoms with Crippen LogP contribution in [0.1, 0.15) is 28.4 Å². The second-order valence-electron chi connectivity index (χ2n) is 5.98. The van der Waals surface area contributed by atoms with Gasteiger partial charge in [0.1, 0.15) is 5.75 Å². The van der Waals surface area contributed by atoms with Crippen molar-refractivity contribution in [2.45, 2.75) is 27.4 Å². The molecule has 0 atom stereocenters. The summed E-state index contributed by atoms with van der Waals surface area (Å²) in [6, 6.07) is 9.31. The summed E-state index contributed by atoms with van der Waals surface area (Å²) in [6.45, 7) is 2.26. The lowest BCUT2D eigenvalue weighted by Gasteiger charge is -2.14. The molecule has 0 heterocycles. The van der Waals surface area contributed by atoms with Gasteiger partial charge in [0.2, 0.25) is 0 Å². The van der Waals surface area contributed by atoms with Crippen molar-refractivity contribution >= 4 is 11.8 Å². The molecule has 29 heavy (non-hydrogen) atoms. The average Bonchev–Trinajstić information content (AvgIpc) is 2.67. The van der Waals surface area contributed by atoms with Crippen LogP contribution in [0.2, 0.25) is 0 Å². The predicted octanol–water partition coefficient (Wildman–Crippen LogP) is 3.14. The first-order valence-electron chi connectivity index (χ1n) is 8.81. The van der Waals surface area contributed by atoms with Crippen molar-refractivity contribution in [2.24, 2.45) is 0 Å². The number of halogens is 2. The Labute approximate surface area is 166 Å². The van der Waals surface area contributed by atoms with Gasteiger partial charge in [0.05, 0.1) is 6.61 Å². The zero-order chi connectivity index (χ0) is 21.4. The third kappa shape index (κ3) is 6.34. The van der Waals surface area contributed by atoms with Gasteiger partial charge in [0, 0.05) is 5.56 Å². The van der Waals surface area contributed by atoms with Gasteiger partial charge >= 0.3 is 6.61 Å². The third-order valence-corrected chi connectivity index (χ3v) is 3.79. The number of para-hydroxylation sites is 1. The topological polar surface area (TPSA) is 85.9 Å². The molecule has 2 N–H and O–H groups in total. The fourth-order valence-corrected chi connectivity index (χ4v) is 2.51. The highest BCUT2D eigenvalue weighted by Crippen LogP contribution is 2.29. The number of aryl methyl sites for hydroxylation is 2. The van der Waals surface area contributed by atoms with Crippen molar-refractivity contribution in [3.8, 4) is 17.2 Å². The molecule has 0 bridgehead atoms. The zero-order valence-corrected chi connectivity index (χ0v) is 16.3. The maximum Gasteiger partial charge on any atom is 0.387 e. The number of alkyl halides is 2. The Kier molecular flexibility index (Phi) is 7.76. The lowest BCUT2D eigenvalue weighted by atomic mass is 10.1. The van der Waals surface area contributed by atoms with Gasteiger partial charge in [-0.15, -0.1) is 0 Å². The maximum absolute atomic E-state index is 12.4. The summed E-state index contributed by atoms with van der Waals surface area (Å²) in [5.41, 5.74) is 6.32. The summed E-state index contributed by atoms with van der Waals surface area (Å²) in [5, 5.41) is 0. The van der Waals surface area contributed by atoms with Crippen molar-refractivity contribution in [1.29, 1.82) is 0 Å². The van der Waals surface area contributed by atoms with Crippen molar-refractivity contribution in [3.63, 3.8) is 0 Å². The molecule has 0 spiro atoms. The molecule has 2 aromatic rings. The van der Waals surface area contributed by atoms with Crippen molar-refractivity contribution in [1.82, 2.24) is 10.9 Å². The van der Waals surface area contributed by atoms with E-state index in [1.807, 2.05) is 32.0 Å². The smallest absolute Gasteiger partial charge is 0.387 e. The Balaban J connectivity index is 1.94. The lowest BCUT2D eigenvalue weighted by Crippen LogP contribution is -2.43. The number of rotatable bonds is 8. The Bertz CT molecular complexity index is 854. The highest BCUT2D eigenvalue weighted by Gasteiger charge is 2.15. The number of amides is 2. The molecule has 2 amide bonds. The molecule has 9 heteroatoms. The van der Waals surface area contributed by atoms with Crippen LogP contribution in [0.5, 0.6) is 17.2 Å². The number of carbonyl (C=O) groups is 2. The van der Waals surface area contributed by atoms with E-state index in [0.29, 0.717) is 5.75 Å². The van der Waals surface area contributed by atoms with Gasteiger partial charge in [0.15, 0.2) is 18.1 Å². The molecule has 0 aromatic heterocycles. The van der Waals surface area contributed by atoms with E-state index in [-0.39, 0.29) is 30.3 Å². The van der Waals surface area contributed by atoms with Gasteiger partial charge in [-0.05, 0) is 50.1 Å². The molecule has 0 saturated heterocycles. The van der Waals surface area contributed by atoms with Gasteiger partial charge in [-0.2, -0.15) is 8.78 Å². The molecule has 2 aromatic carbocycles. The summed E-state index contributed by atoms with van der Waals surface area (Å²) in [4.78, 5) is 24.2. The van der Waals surface area contributed by atoms with Crippen LogP contribution >= 0.6 is 0 Å². The Morgan fingerprint density at radius 1 is 1.00 bits per heavy atom. The lowest BCUT2D eigenvalue weighted by molar-refractivity contribution is -0.123. The molecular weight excluding hydrogens is 386 g/mol. The second kappa shape index (κ2) is 10.3. The Morgan fingerprint density at radius 2 is 1.69 bits per heavy atom.